The van der Waals surface area contributed by atoms with E-state index < -0.39 is 0 Å². The summed E-state index contributed by atoms with van der Waals surface area (Å²) in [6.45, 7) is 10.5. The Morgan fingerprint density at radius 1 is 1.45 bits per heavy atom. The lowest BCUT2D eigenvalue weighted by atomic mass is 9.73. The zero-order chi connectivity index (χ0) is 8.48. The van der Waals surface area contributed by atoms with Crippen molar-refractivity contribution >= 4 is 0 Å². The summed E-state index contributed by atoms with van der Waals surface area (Å²) in [5.41, 5.74) is 3.16. The van der Waals surface area contributed by atoms with Crippen LogP contribution in [0.25, 0.3) is 0 Å². The third-order valence-corrected chi connectivity index (χ3v) is 2.63. The van der Waals surface area contributed by atoms with Crippen LogP contribution in [0.5, 0.6) is 0 Å². The molecule has 0 bridgehead atoms. The van der Waals surface area contributed by atoms with Crippen LogP contribution >= 0.6 is 0 Å². The highest BCUT2D eigenvalue weighted by atomic mass is 14.3. The van der Waals surface area contributed by atoms with Crippen LogP contribution in [0.3, 0.4) is 0 Å². The van der Waals surface area contributed by atoms with Crippen LogP contribution < -0.4 is 0 Å². The van der Waals surface area contributed by atoms with Crippen LogP contribution in [0, 0.1) is 11.5 Å². The van der Waals surface area contributed by atoms with E-state index in [4.69, 9.17) is 0 Å². The molecule has 1 rings (SSSR count). The summed E-state index contributed by atoms with van der Waals surface area (Å²) >= 11 is 0. The van der Waals surface area contributed by atoms with Gasteiger partial charge in [0.05, 0.1) is 0 Å². The Morgan fingerprint density at radius 3 is 2.45 bits per heavy atom. The van der Waals surface area contributed by atoms with Gasteiger partial charge in [-0.25, -0.2) is 0 Å². The van der Waals surface area contributed by atoms with E-state index in [1.807, 2.05) is 0 Å². The Labute approximate surface area is 70.0 Å². The summed E-state index contributed by atoms with van der Waals surface area (Å²) in [4.78, 5) is 0. The highest BCUT2D eigenvalue weighted by Gasteiger charge is 2.26. The van der Waals surface area contributed by atoms with E-state index in [2.05, 4.69) is 33.4 Å². The number of hydrogen-bond donors (Lipinski definition) is 0. The smallest absolute Gasteiger partial charge is 0.00981 e. The lowest BCUT2D eigenvalue weighted by Gasteiger charge is -2.32. The van der Waals surface area contributed by atoms with Crippen molar-refractivity contribution in [2.75, 3.05) is 0 Å². The lowest BCUT2D eigenvalue weighted by Crippen LogP contribution is -2.19. The number of rotatable bonds is 1. The molecular formula is C11H17. The molecular weight excluding hydrogens is 132 g/mol. The topological polar surface area (TPSA) is 0 Å². The van der Waals surface area contributed by atoms with Gasteiger partial charge in [0.1, 0.15) is 0 Å². The molecule has 1 radical (unpaired) electrons. The average molecular weight is 149 g/mol. The average Bonchev–Trinajstić information content (AvgIpc) is 1.86. The molecule has 0 fully saturated rings. The van der Waals surface area contributed by atoms with Crippen molar-refractivity contribution in [3.8, 4) is 0 Å². The summed E-state index contributed by atoms with van der Waals surface area (Å²) in [5, 5.41) is 0. The van der Waals surface area contributed by atoms with Gasteiger partial charge in [-0.1, -0.05) is 26.0 Å². The summed E-state index contributed by atoms with van der Waals surface area (Å²) < 4.78 is 0. The zero-order valence-electron chi connectivity index (χ0n) is 7.83. The predicted molar refractivity (Wildman–Crippen MR) is 49.2 cm³/mol. The quantitative estimate of drug-likeness (QED) is 0.535. The highest BCUT2D eigenvalue weighted by Crippen LogP contribution is 2.39. The molecule has 0 saturated heterocycles. The standard InChI is InChI=1S/C11H17/c1-5-10-9(2)7-6-8-11(10,3)4/h1,6-8H2,2-4H3. The Morgan fingerprint density at radius 2 is 2.09 bits per heavy atom. The van der Waals surface area contributed by atoms with Crippen molar-refractivity contribution in [2.24, 2.45) is 5.41 Å². The van der Waals surface area contributed by atoms with Crippen LogP contribution in [0.4, 0.5) is 0 Å². The van der Waals surface area contributed by atoms with Gasteiger partial charge in [-0.05, 0) is 43.3 Å². The number of hydrogen-bond acceptors (Lipinski definition) is 0. The van der Waals surface area contributed by atoms with Gasteiger partial charge < -0.3 is 0 Å². The van der Waals surface area contributed by atoms with E-state index in [1.165, 1.54) is 30.4 Å². The molecule has 1 aliphatic carbocycles. The minimum Gasteiger partial charge on any atom is -0.0909 e. The van der Waals surface area contributed by atoms with Crippen molar-refractivity contribution in [1.29, 1.82) is 0 Å². The molecule has 0 unspecified atom stereocenters. The molecule has 11 heavy (non-hydrogen) atoms. The molecule has 0 aliphatic heterocycles. The normalized spacial score (nSPS) is 23.5. The number of allylic oxidation sites excluding steroid dienone is 3. The zero-order valence-corrected chi connectivity index (χ0v) is 7.83. The monoisotopic (exact) mass is 149 g/mol. The van der Waals surface area contributed by atoms with Crippen LogP contribution in [-0.4, -0.2) is 0 Å². The van der Waals surface area contributed by atoms with Gasteiger partial charge in [-0.2, -0.15) is 0 Å². The summed E-state index contributed by atoms with van der Waals surface area (Å²) in [7, 11) is 0. The first-order valence-electron chi connectivity index (χ1n) is 4.31. The SMILES string of the molecule is C=[C]C1=C(C)CCCC1(C)C. The largest absolute Gasteiger partial charge is 0.0909 e. The van der Waals surface area contributed by atoms with E-state index in [9.17, 15) is 0 Å². The first-order chi connectivity index (χ1) is 5.08. The molecule has 0 amide bonds. The predicted octanol–water partition coefficient (Wildman–Crippen LogP) is 3.50. The highest BCUT2D eigenvalue weighted by molar-refractivity contribution is 5.27. The van der Waals surface area contributed by atoms with Crippen molar-refractivity contribution < 1.29 is 0 Å². The molecule has 0 aromatic heterocycles. The molecule has 0 heteroatoms. The van der Waals surface area contributed by atoms with E-state index in [0.717, 1.165) is 0 Å². The summed E-state index contributed by atoms with van der Waals surface area (Å²) in [6.07, 6.45) is 6.91. The molecule has 0 N–H and O–H groups in total. The van der Waals surface area contributed by atoms with Gasteiger partial charge in [0.15, 0.2) is 0 Å². The second-order valence-electron chi connectivity index (χ2n) is 4.07. The minimum atomic E-state index is 0.323. The van der Waals surface area contributed by atoms with Crippen molar-refractivity contribution in [3.05, 3.63) is 23.8 Å². The summed E-state index contributed by atoms with van der Waals surface area (Å²) in [6, 6.07) is 0. The third kappa shape index (κ3) is 1.55. The Hall–Kier alpha value is -0.520. The van der Waals surface area contributed by atoms with Crippen molar-refractivity contribution in [2.45, 2.75) is 40.0 Å². The van der Waals surface area contributed by atoms with Crippen LogP contribution in [0.15, 0.2) is 17.7 Å². The van der Waals surface area contributed by atoms with Crippen molar-refractivity contribution in [3.63, 3.8) is 0 Å². The van der Waals surface area contributed by atoms with E-state index in [0.29, 0.717) is 5.41 Å². The molecule has 0 spiro atoms. The van der Waals surface area contributed by atoms with Crippen LogP contribution in [-0.2, 0) is 0 Å². The van der Waals surface area contributed by atoms with E-state index >= 15 is 0 Å². The van der Waals surface area contributed by atoms with Gasteiger partial charge in [-0.3, -0.25) is 0 Å². The van der Waals surface area contributed by atoms with E-state index in [1.54, 1.807) is 0 Å². The molecule has 0 atom stereocenters. The molecule has 0 heterocycles. The first kappa shape index (κ1) is 8.58. The maximum atomic E-state index is 3.75. The van der Waals surface area contributed by atoms with Crippen molar-refractivity contribution in [1.82, 2.24) is 0 Å². The fourth-order valence-corrected chi connectivity index (χ4v) is 2.01. The van der Waals surface area contributed by atoms with E-state index in [-0.39, 0.29) is 0 Å². The lowest BCUT2D eigenvalue weighted by molar-refractivity contribution is 0.374. The maximum Gasteiger partial charge on any atom is -0.00981 e. The second-order valence-corrected chi connectivity index (χ2v) is 4.07. The fraction of sp³-hybridized carbons (Fsp3) is 0.636. The van der Waals surface area contributed by atoms with Gasteiger partial charge in [0, 0.05) is 0 Å². The molecule has 1 aliphatic rings. The third-order valence-electron chi connectivity index (χ3n) is 2.63. The minimum absolute atomic E-state index is 0.323. The Bertz CT molecular complexity index is 194. The van der Waals surface area contributed by atoms with Gasteiger partial charge in [0.2, 0.25) is 0 Å². The second kappa shape index (κ2) is 2.84. The molecule has 0 aromatic carbocycles. The van der Waals surface area contributed by atoms with Crippen LogP contribution in [0.2, 0.25) is 0 Å². The first-order valence-corrected chi connectivity index (χ1v) is 4.31. The Balaban J connectivity index is 3.01. The maximum absolute atomic E-state index is 3.75. The molecule has 0 saturated carbocycles. The summed E-state index contributed by atoms with van der Waals surface area (Å²) in [5.74, 6) is 0. The molecule has 0 aromatic rings. The molecule has 61 valence electrons. The van der Waals surface area contributed by atoms with Crippen LogP contribution in [0.1, 0.15) is 40.0 Å². The van der Waals surface area contributed by atoms with Gasteiger partial charge >= 0.3 is 0 Å². The Kier molecular flexibility index (Phi) is 2.22. The van der Waals surface area contributed by atoms with Gasteiger partial charge in [-0.15, -0.1) is 0 Å². The van der Waals surface area contributed by atoms with Gasteiger partial charge in [0.25, 0.3) is 0 Å². The molecule has 0 nitrogen and oxygen atoms in total. The fourth-order valence-electron chi connectivity index (χ4n) is 2.01.